The molecule has 0 aliphatic carbocycles. The van der Waals surface area contributed by atoms with Crippen LogP contribution < -0.4 is 20.3 Å². The Morgan fingerprint density at radius 2 is 1.79 bits per heavy atom. The first-order valence-electron chi connectivity index (χ1n) is 17.6. The number of aromatic nitrogens is 3. The van der Waals surface area contributed by atoms with Gasteiger partial charge in [-0.25, -0.2) is 18.7 Å². The van der Waals surface area contributed by atoms with Gasteiger partial charge in [0.25, 0.3) is 5.56 Å². The van der Waals surface area contributed by atoms with Gasteiger partial charge >= 0.3 is 5.82 Å². The van der Waals surface area contributed by atoms with Gasteiger partial charge in [0.15, 0.2) is 28.9 Å². The van der Waals surface area contributed by atoms with Crippen molar-refractivity contribution in [3.63, 3.8) is 0 Å². The van der Waals surface area contributed by atoms with E-state index in [9.17, 15) is 19.7 Å². The summed E-state index contributed by atoms with van der Waals surface area (Å²) in [5.41, 5.74) is 0.834. The van der Waals surface area contributed by atoms with Crippen LogP contribution in [0.25, 0.3) is 22.0 Å². The molecule has 0 amide bonds. The number of hydrogen-bond acceptors (Lipinski definition) is 10. The fraction of sp³-hybridized carbons (Fsp3) is 0.244. The Hall–Kier alpha value is -6.61. The number of carbonyl (C=O) groups excluding carboxylic acids is 1. The van der Waals surface area contributed by atoms with Crippen molar-refractivity contribution < 1.29 is 32.5 Å². The monoisotopic (exact) mass is 764 g/mol. The lowest BCUT2D eigenvalue weighted by Crippen LogP contribution is -2.41. The van der Waals surface area contributed by atoms with Crippen LogP contribution in [-0.2, 0) is 11.2 Å². The third kappa shape index (κ3) is 8.37. The number of carbonyl (C=O) groups is 1. The van der Waals surface area contributed by atoms with Gasteiger partial charge in [0, 0.05) is 42.8 Å². The number of anilines is 2. The van der Waals surface area contributed by atoms with Gasteiger partial charge in [-0.15, -0.1) is 0 Å². The average Bonchev–Trinajstić information content (AvgIpc) is 3.63. The van der Waals surface area contributed by atoms with Crippen LogP contribution in [-0.4, -0.2) is 77.3 Å². The summed E-state index contributed by atoms with van der Waals surface area (Å²) in [6.45, 7) is 2.65. The molecule has 3 aromatic heterocycles. The predicted molar refractivity (Wildman–Crippen MR) is 209 cm³/mol. The Morgan fingerprint density at radius 1 is 1.04 bits per heavy atom. The van der Waals surface area contributed by atoms with Gasteiger partial charge in [-0.1, -0.05) is 35.3 Å². The third-order valence-corrected chi connectivity index (χ3v) is 9.45. The van der Waals surface area contributed by atoms with Crippen LogP contribution in [0.2, 0.25) is 0 Å². The molecule has 6 rings (SSSR count). The van der Waals surface area contributed by atoms with E-state index in [2.05, 4.69) is 20.3 Å². The molecule has 1 atom stereocenters. The molecule has 1 aliphatic heterocycles. The second kappa shape index (κ2) is 16.4. The van der Waals surface area contributed by atoms with Crippen LogP contribution >= 0.6 is 0 Å². The number of hydrogen-bond donors (Lipinski definition) is 1. The number of likely N-dealkylation sites (N-methyl/N-ethyl adjacent to an activating group) is 1. The lowest BCUT2D eigenvalue weighted by atomic mass is 9.99. The summed E-state index contributed by atoms with van der Waals surface area (Å²) in [4.78, 5) is 51.2. The van der Waals surface area contributed by atoms with Gasteiger partial charge in [-0.3, -0.25) is 9.59 Å². The molecule has 1 aliphatic rings. The number of ether oxygens (including phenoxy) is 2. The Labute approximate surface area is 321 Å². The summed E-state index contributed by atoms with van der Waals surface area (Å²) in [7, 11) is 6.30. The van der Waals surface area contributed by atoms with Gasteiger partial charge in [0.05, 0.1) is 63.1 Å². The predicted octanol–water partition coefficient (Wildman–Crippen LogP) is 6.81. The highest BCUT2D eigenvalue weighted by atomic mass is 19.1. The van der Waals surface area contributed by atoms with Gasteiger partial charge in [0.1, 0.15) is 24.4 Å². The zero-order chi connectivity index (χ0) is 40.1. The van der Waals surface area contributed by atoms with Crippen LogP contribution in [0.4, 0.5) is 20.4 Å². The molecular formula is C41H40F2N7O6+. The average molecular weight is 765 g/mol. The van der Waals surface area contributed by atoms with E-state index < -0.39 is 33.7 Å². The maximum absolute atomic E-state index is 15.9. The fourth-order valence-corrected chi connectivity index (χ4v) is 6.71. The Morgan fingerprint density at radius 3 is 2.46 bits per heavy atom. The number of methoxy groups -OCH3 is 2. The molecule has 2 aromatic carbocycles. The maximum Gasteiger partial charge on any atom is 0.368 e. The number of pyridine rings is 3. The lowest BCUT2D eigenvalue weighted by molar-refractivity contribution is -0.880. The first kappa shape index (κ1) is 39.1. The molecule has 15 heteroatoms. The van der Waals surface area contributed by atoms with Crippen LogP contribution in [0.3, 0.4) is 0 Å². The van der Waals surface area contributed by atoms with Gasteiger partial charge in [0.2, 0.25) is 0 Å². The van der Waals surface area contributed by atoms with Crippen molar-refractivity contribution >= 4 is 34.5 Å². The minimum absolute atomic E-state index is 0.0622. The number of ketones is 1. The number of benzene rings is 2. The zero-order valence-electron chi connectivity index (χ0n) is 31.5. The van der Waals surface area contributed by atoms with Crippen molar-refractivity contribution in [3.05, 3.63) is 140 Å². The van der Waals surface area contributed by atoms with Crippen molar-refractivity contribution in [3.8, 4) is 22.6 Å². The smallest absolute Gasteiger partial charge is 0.368 e. The largest absolute Gasteiger partial charge is 0.494 e. The topological polar surface area (TPSA) is 151 Å². The first-order valence-corrected chi connectivity index (χ1v) is 17.6. The van der Waals surface area contributed by atoms with Crippen LogP contribution in [0, 0.1) is 21.7 Å². The number of fused-ring (bicyclic) bond motifs is 1. The lowest BCUT2D eigenvalue weighted by Gasteiger charge is -2.28. The van der Waals surface area contributed by atoms with E-state index in [1.165, 1.54) is 43.3 Å². The molecule has 56 heavy (non-hydrogen) atoms. The molecule has 288 valence electrons. The van der Waals surface area contributed by atoms with E-state index in [0.29, 0.717) is 63.2 Å². The molecule has 4 heterocycles. The fourth-order valence-electron chi connectivity index (χ4n) is 6.71. The summed E-state index contributed by atoms with van der Waals surface area (Å²) < 4.78 is 43.9. The van der Waals surface area contributed by atoms with E-state index in [4.69, 9.17) is 9.47 Å². The number of quaternary nitrogens is 1. The molecule has 1 N–H and O–H groups in total. The van der Waals surface area contributed by atoms with Crippen LogP contribution in [0.15, 0.2) is 106 Å². The molecule has 0 saturated carbocycles. The van der Waals surface area contributed by atoms with Crippen molar-refractivity contribution in [2.24, 2.45) is 4.99 Å². The minimum Gasteiger partial charge on any atom is -0.494 e. The van der Waals surface area contributed by atoms with E-state index in [1.54, 1.807) is 55.6 Å². The number of aliphatic imine (C=N–C) groups is 1. The summed E-state index contributed by atoms with van der Waals surface area (Å²) in [6, 6.07) is 16.0. The molecule has 0 saturated heterocycles. The number of rotatable bonds is 15. The minimum atomic E-state index is -1.07. The summed E-state index contributed by atoms with van der Waals surface area (Å²) in [5, 5.41) is 14.9. The maximum atomic E-state index is 15.9. The van der Waals surface area contributed by atoms with Crippen molar-refractivity contribution in [1.82, 2.24) is 14.5 Å². The highest BCUT2D eigenvalue weighted by molar-refractivity contribution is 5.91. The molecule has 0 spiro atoms. The quantitative estimate of drug-likeness (QED) is 0.0525. The standard InChI is InChI=1S/C41H39F2N7O6/c1-25(27-11-8-10-26(18-27)19-30(51)12-9-17-50(2,3)24-28-14-16-45-40(28)49(53)54)48-32-21-36(47-35-13-6-7-15-44-35)46-23-29(32)20-31(41(48)52)37-38(42)33(55-4)22-34(56-5)39(37)43/h6-13,15-16,18,20-23,25H,14,17,19,24H2,1-5H3/p+1/b12-9+. The van der Waals surface area contributed by atoms with Gasteiger partial charge < -0.3 is 34.0 Å². The number of allylic oxidation sites excluding steroid dienone is 1. The van der Waals surface area contributed by atoms with E-state index in [1.807, 2.05) is 26.2 Å². The molecule has 5 aromatic rings. The first-order chi connectivity index (χ1) is 26.8. The Bertz CT molecular complexity index is 2450. The normalized spacial score (nSPS) is 13.4. The molecule has 0 radical (unpaired) electrons. The second-order valence-corrected chi connectivity index (χ2v) is 13.9. The van der Waals surface area contributed by atoms with Crippen molar-refractivity contribution in [1.29, 1.82) is 0 Å². The number of halogens is 2. The van der Waals surface area contributed by atoms with E-state index in [-0.39, 0.29) is 35.1 Å². The van der Waals surface area contributed by atoms with Crippen LogP contribution in [0.5, 0.6) is 11.5 Å². The highest BCUT2D eigenvalue weighted by Gasteiger charge is 2.29. The van der Waals surface area contributed by atoms with Crippen LogP contribution in [0.1, 0.15) is 30.5 Å². The Kier molecular flexibility index (Phi) is 11.5. The summed E-state index contributed by atoms with van der Waals surface area (Å²) >= 11 is 0. The zero-order valence-corrected chi connectivity index (χ0v) is 31.5. The number of nitrogens with zero attached hydrogens (tertiary/aromatic N) is 6. The van der Waals surface area contributed by atoms with Gasteiger partial charge in [-0.2, -0.15) is 0 Å². The van der Waals surface area contributed by atoms with E-state index >= 15 is 8.78 Å². The molecule has 0 fully saturated rings. The number of nitro groups is 1. The number of nitrogens with one attached hydrogen (secondary N) is 1. The highest BCUT2D eigenvalue weighted by Crippen LogP contribution is 2.38. The second-order valence-electron chi connectivity index (χ2n) is 13.9. The van der Waals surface area contributed by atoms with Gasteiger partial charge in [-0.05, 0) is 53.3 Å². The third-order valence-electron chi connectivity index (χ3n) is 9.45. The molecule has 0 bridgehead atoms. The van der Waals surface area contributed by atoms with Crippen molar-refractivity contribution in [2.45, 2.75) is 25.8 Å². The Balaban J connectivity index is 1.34. The summed E-state index contributed by atoms with van der Waals surface area (Å²) in [6.07, 6.45) is 8.39. The van der Waals surface area contributed by atoms with Crippen molar-refractivity contribution in [2.75, 3.05) is 46.7 Å². The molecular weight excluding hydrogens is 724 g/mol. The molecule has 13 nitrogen and oxygen atoms in total. The molecule has 1 unspecified atom stereocenters. The SMILES string of the molecule is COc1cc(OC)c(F)c(-c2cc3cnc(Nc4ccccn4)cc3n(C(C)c3cccc(CC(=O)/C=C/C[N+](C)(C)CC4=C([N+](=O)[O-])N=CC4)c3)c2=O)c1F. The summed E-state index contributed by atoms with van der Waals surface area (Å²) in [5.74, 6) is -2.12. The van der Waals surface area contributed by atoms with E-state index in [0.717, 1.165) is 6.07 Å².